The van der Waals surface area contributed by atoms with E-state index in [4.69, 9.17) is 4.74 Å². The number of rotatable bonds is 5. The van der Waals surface area contributed by atoms with E-state index in [1.165, 1.54) is 4.90 Å². The molecule has 2 aromatic rings. The van der Waals surface area contributed by atoms with Gasteiger partial charge in [0.25, 0.3) is 5.91 Å². The van der Waals surface area contributed by atoms with E-state index in [0.717, 1.165) is 17.5 Å². The largest absolute Gasteiger partial charge is 0.482 e. The fourth-order valence-corrected chi connectivity index (χ4v) is 2.98. The fourth-order valence-electron chi connectivity index (χ4n) is 2.98. The van der Waals surface area contributed by atoms with E-state index in [-0.39, 0.29) is 30.4 Å². The molecule has 0 saturated heterocycles. The molecule has 5 nitrogen and oxygen atoms in total. The molecule has 0 aromatic heterocycles. The van der Waals surface area contributed by atoms with Crippen LogP contribution in [0.3, 0.4) is 0 Å². The van der Waals surface area contributed by atoms with Gasteiger partial charge in [0.05, 0.1) is 5.69 Å². The Hall–Kier alpha value is -2.82. The summed E-state index contributed by atoms with van der Waals surface area (Å²) in [5.74, 6) is 0.182. The third-order valence-corrected chi connectivity index (χ3v) is 5.20. The van der Waals surface area contributed by atoms with Crippen LogP contribution in [0.2, 0.25) is 0 Å². The van der Waals surface area contributed by atoms with Crippen LogP contribution in [0, 0.1) is 6.92 Å². The van der Waals surface area contributed by atoms with Crippen LogP contribution in [-0.2, 0) is 15.0 Å². The molecule has 0 radical (unpaired) electrons. The second-order valence-electron chi connectivity index (χ2n) is 7.60. The lowest BCUT2D eigenvalue weighted by Gasteiger charge is -2.31. The number of benzene rings is 2. The molecule has 0 saturated carbocycles. The lowest BCUT2D eigenvalue weighted by Crippen LogP contribution is -2.43. The molecule has 1 heterocycles. The molecule has 2 aromatic carbocycles. The second-order valence-corrected chi connectivity index (χ2v) is 7.60. The van der Waals surface area contributed by atoms with Crippen LogP contribution in [0.15, 0.2) is 42.5 Å². The molecule has 0 atom stereocenters. The standard InChI is InChI=1S/C22H26N2O3/c1-5-22(3,4)16-8-11-19-18(12-16)24(21(26)14-27-19)13-20(25)23-17-9-6-15(2)7-10-17/h6-12H,5,13-14H2,1-4H3,(H,23,25). The van der Waals surface area contributed by atoms with E-state index in [9.17, 15) is 9.59 Å². The summed E-state index contributed by atoms with van der Waals surface area (Å²) in [6.07, 6.45) is 0.967. The van der Waals surface area contributed by atoms with E-state index in [0.29, 0.717) is 17.1 Å². The van der Waals surface area contributed by atoms with Crippen molar-refractivity contribution in [3.05, 3.63) is 53.6 Å². The van der Waals surface area contributed by atoms with Gasteiger partial charge in [-0.05, 0) is 48.6 Å². The molecular weight excluding hydrogens is 340 g/mol. The van der Waals surface area contributed by atoms with Crippen molar-refractivity contribution in [2.24, 2.45) is 0 Å². The first-order valence-electron chi connectivity index (χ1n) is 9.24. The summed E-state index contributed by atoms with van der Waals surface area (Å²) in [7, 11) is 0. The average molecular weight is 366 g/mol. The van der Waals surface area contributed by atoms with Crippen molar-refractivity contribution in [1.29, 1.82) is 0 Å². The highest BCUT2D eigenvalue weighted by Gasteiger charge is 2.29. The number of anilines is 2. The van der Waals surface area contributed by atoms with Crippen LogP contribution in [0.4, 0.5) is 11.4 Å². The van der Waals surface area contributed by atoms with E-state index in [1.807, 2.05) is 49.4 Å². The van der Waals surface area contributed by atoms with Crippen molar-refractivity contribution >= 4 is 23.2 Å². The zero-order valence-corrected chi connectivity index (χ0v) is 16.3. The summed E-state index contributed by atoms with van der Waals surface area (Å²) in [4.78, 5) is 26.5. The Morgan fingerprint density at radius 3 is 2.56 bits per heavy atom. The molecule has 5 heteroatoms. The summed E-state index contributed by atoms with van der Waals surface area (Å²) >= 11 is 0. The molecule has 3 rings (SSSR count). The minimum atomic E-state index is -0.236. The smallest absolute Gasteiger partial charge is 0.265 e. The predicted molar refractivity (Wildman–Crippen MR) is 107 cm³/mol. The number of nitrogens with zero attached hydrogens (tertiary/aromatic N) is 1. The zero-order valence-electron chi connectivity index (χ0n) is 16.3. The van der Waals surface area contributed by atoms with Crippen molar-refractivity contribution in [3.8, 4) is 5.75 Å². The number of aryl methyl sites for hydroxylation is 1. The summed E-state index contributed by atoms with van der Waals surface area (Å²) in [5, 5.41) is 2.85. The Balaban J connectivity index is 1.83. The van der Waals surface area contributed by atoms with Gasteiger partial charge < -0.3 is 10.1 Å². The van der Waals surface area contributed by atoms with Crippen molar-refractivity contribution in [2.45, 2.75) is 39.5 Å². The summed E-state index contributed by atoms with van der Waals surface area (Å²) in [6, 6.07) is 13.5. The molecule has 1 aliphatic rings. The first-order chi connectivity index (χ1) is 12.8. The lowest BCUT2D eigenvalue weighted by molar-refractivity contribution is -0.123. The van der Waals surface area contributed by atoms with Crippen molar-refractivity contribution in [3.63, 3.8) is 0 Å². The minimum absolute atomic E-state index is 0.0225. The van der Waals surface area contributed by atoms with Crippen LogP contribution in [-0.4, -0.2) is 25.0 Å². The van der Waals surface area contributed by atoms with Crippen molar-refractivity contribution in [1.82, 2.24) is 0 Å². The number of hydrogen-bond donors (Lipinski definition) is 1. The van der Waals surface area contributed by atoms with Crippen LogP contribution < -0.4 is 15.0 Å². The topological polar surface area (TPSA) is 58.6 Å². The van der Waals surface area contributed by atoms with Gasteiger partial charge in [0, 0.05) is 5.69 Å². The van der Waals surface area contributed by atoms with Gasteiger partial charge in [0.1, 0.15) is 12.3 Å². The van der Waals surface area contributed by atoms with E-state index >= 15 is 0 Å². The van der Waals surface area contributed by atoms with E-state index < -0.39 is 0 Å². The van der Waals surface area contributed by atoms with Gasteiger partial charge in [0.2, 0.25) is 5.91 Å². The van der Waals surface area contributed by atoms with Gasteiger partial charge >= 0.3 is 0 Å². The highest BCUT2D eigenvalue weighted by molar-refractivity contribution is 6.05. The number of carbonyl (C=O) groups is 2. The van der Waals surface area contributed by atoms with Crippen LogP contribution in [0.5, 0.6) is 5.75 Å². The molecule has 2 amide bonds. The zero-order chi connectivity index (χ0) is 19.6. The Labute approximate surface area is 160 Å². The van der Waals surface area contributed by atoms with Crippen molar-refractivity contribution in [2.75, 3.05) is 23.4 Å². The number of amides is 2. The first kappa shape index (κ1) is 19.0. The Bertz CT molecular complexity index is 856. The number of nitrogens with one attached hydrogen (secondary N) is 1. The summed E-state index contributed by atoms with van der Waals surface area (Å²) < 4.78 is 5.56. The normalized spacial score (nSPS) is 13.8. The van der Waals surface area contributed by atoms with Gasteiger partial charge in [-0.1, -0.05) is 44.5 Å². The molecule has 0 fully saturated rings. The number of fused-ring (bicyclic) bond motifs is 1. The maximum absolute atomic E-state index is 12.5. The molecule has 0 bridgehead atoms. The lowest BCUT2D eigenvalue weighted by atomic mass is 9.82. The van der Waals surface area contributed by atoms with Gasteiger partial charge in [-0.25, -0.2) is 0 Å². The number of hydrogen-bond acceptors (Lipinski definition) is 3. The van der Waals surface area contributed by atoms with Crippen LogP contribution >= 0.6 is 0 Å². The van der Waals surface area contributed by atoms with Gasteiger partial charge in [-0.2, -0.15) is 0 Å². The number of carbonyl (C=O) groups excluding carboxylic acids is 2. The quantitative estimate of drug-likeness (QED) is 0.869. The predicted octanol–water partition coefficient (Wildman–Crippen LogP) is 4.05. The second kappa shape index (κ2) is 7.43. The average Bonchev–Trinajstić information content (AvgIpc) is 2.65. The monoisotopic (exact) mass is 366 g/mol. The molecular formula is C22H26N2O3. The van der Waals surface area contributed by atoms with Crippen LogP contribution in [0.1, 0.15) is 38.3 Å². The van der Waals surface area contributed by atoms with E-state index in [1.54, 1.807) is 0 Å². The molecule has 27 heavy (non-hydrogen) atoms. The fraction of sp³-hybridized carbons (Fsp3) is 0.364. The highest BCUT2D eigenvalue weighted by Crippen LogP contribution is 2.37. The molecule has 0 unspecified atom stereocenters. The molecule has 142 valence electrons. The Kier molecular flexibility index (Phi) is 5.22. The van der Waals surface area contributed by atoms with Gasteiger partial charge in [-0.15, -0.1) is 0 Å². The molecule has 0 spiro atoms. The SMILES string of the molecule is CCC(C)(C)c1ccc2c(c1)N(CC(=O)Nc1ccc(C)cc1)C(=O)CO2. The minimum Gasteiger partial charge on any atom is -0.482 e. The Morgan fingerprint density at radius 2 is 1.89 bits per heavy atom. The van der Waals surface area contributed by atoms with Gasteiger partial charge in [-0.3, -0.25) is 14.5 Å². The third-order valence-electron chi connectivity index (χ3n) is 5.20. The maximum atomic E-state index is 12.5. The van der Waals surface area contributed by atoms with Gasteiger partial charge in [0.15, 0.2) is 6.61 Å². The third kappa shape index (κ3) is 4.13. The van der Waals surface area contributed by atoms with E-state index in [2.05, 4.69) is 26.1 Å². The summed E-state index contributed by atoms with van der Waals surface area (Å²) in [5.41, 5.74) is 3.59. The van der Waals surface area contributed by atoms with Crippen molar-refractivity contribution < 1.29 is 14.3 Å². The molecule has 1 aliphatic heterocycles. The molecule has 0 aliphatic carbocycles. The highest BCUT2D eigenvalue weighted by atomic mass is 16.5. The molecule has 1 N–H and O–H groups in total. The number of ether oxygens (including phenoxy) is 1. The maximum Gasteiger partial charge on any atom is 0.265 e. The first-order valence-corrected chi connectivity index (χ1v) is 9.24. The summed E-state index contributed by atoms with van der Waals surface area (Å²) in [6.45, 7) is 8.35. The Morgan fingerprint density at radius 1 is 1.19 bits per heavy atom. The van der Waals surface area contributed by atoms with Crippen LogP contribution in [0.25, 0.3) is 0 Å².